The van der Waals surface area contributed by atoms with Crippen molar-refractivity contribution in [2.45, 2.75) is 59.6 Å². The Hall–Kier alpha value is -2.30. The van der Waals surface area contributed by atoms with E-state index in [4.69, 9.17) is 29.1 Å². The number of nitrogens with zero attached hydrogens (tertiary/aromatic N) is 3. The van der Waals surface area contributed by atoms with E-state index < -0.39 is 11.7 Å². The second-order valence-electron chi connectivity index (χ2n) is 8.62. The summed E-state index contributed by atoms with van der Waals surface area (Å²) < 4.78 is 21.2. The molecule has 0 radical (unpaired) electrons. The first-order valence-corrected chi connectivity index (χ1v) is 9.98. The Morgan fingerprint density at radius 3 is 2.48 bits per heavy atom. The second-order valence-corrected chi connectivity index (χ2v) is 9.33. The van der Waals surface area contributed by atoms with Gasteiger partial charge in [0, 0.05) is 6.42 Å². The number of hydrogen-bond donors (Lipinski definition) is 1. The van der Waals surface area contributed by atoms with Gasteiger partial charge < -0.3 is 4.74 Å². The molecular weight excluding hydrogens is 389 g/mol. The van der Waals surface area contributed by atoms with Crippen molar-refractivity contribution in [1.82, 2.24) is 9.78 Å². The van der Waals surface area contributed by atoms with Crippen LogP contribution in [0.25, 0.3) is 5.69 Å². The summed E-state index contributed by atoms with van der Waals surface area (Å²) in [6.07, 6.45) is 5.98. The van der Waals surface area contributed by atoms with Gasteiger partial charge in [0.05, 0.1) is 29.8 Å². The Morgan fingerprint density at radius 2 is 1.97 bits per heavy atom. The Labute approximate surface area is 177 Å². The van der Waals surface area contributed by atoms with Crippen molar-refractivity contribution in [2.75, 3.05) is 6.54 Å². The van der Waals surface area contributed by atoms with Crippen LogP contribution in [0.15, 0.2) is 12.1 Å². The summed E-state index contributed by atoms with van der Waals surface area (Å²) in [7, 11) is 0. The van der Waals surface area contributed by atoms with Gasteiger partial charge in [0.1, 0.15) is 29.7 Å². The SMILES string of the molecule is C#Cc1c2c(nn1-c1cc(C)c(F)c(C)c1)CC[N+](S)(C(=O)OC(C)(C)C)[C@H]2C. The lowest BCUT2D eigenvalue weighted by Gasteiger charge is -2.38. The number of halogens is 1. The van der Waals surface area contributed by atoms with Gasteiger partial charge in [0.2, 0.25) is 0 Å². The molecule has 7 heteroatoms. The molecule has 1 aliphatic rings. The van der Waals surface area contributed by atoms with Crippen LogP contribution in [0.4, 0.5) is 9.18 Å². The van der Waals surface area contributed by atoms with Crippen molar-refractivity contribution in [3.05, 3.63) is 46.0 Å². The fourth-order valence-electron chi connectivity index (χ4n) is 3.74. The Bertz CT molecular complexity index is 1010. The van der Waals surface area contributed by atoms with Crippen molar-refractivity contribution in [3.8, 4) is 18.0 Å². The number of carbonyl (C=O) groups excluding carboxylic acids is 1. The van der Waals surface area contributed by atoms with Gasteiger partial charge in [-0.2, -0.15) is 13.8 Å². The molecule has 1 aliphatic heterocycles. The molecule has 0 aliphatic carbocycles. The van der Waals surface area contributed by atoms with Crippen molar-refractivity contribution in [1.29, 1.82) is 0 Å². The maximum absolute atomic E-state index is 14.1. The third-order valence-electron chi connectivity index (χ3n) is 5.26. The number of ether oxygens (including phenoxy) is 1. The van der Waals surface area contributed by atoms with Crippen molar-refractivity contribution in [2.24, 2.45) is 0 Å². The van der Waals surface area contributed by atoms with E-state index in [9.17, 15) is 9.18 Å². The van der Waals surface area contributed by atoms with Gasteiger partial charge in [-0.05, 0) is 70.7 Å². The normalized spacial score (nSPS) is 21.4. The predicted molar refractivity (Wildman–Crippen MR) is 113 cm³/mol. The smallest absolute Gasteiger partial charge is 0.414 e. The molecule has 1 unspecified atom stereocenters. The largest absolute Gasteiger partial charge is 0.528 e. The maximum atomic E-state index is 14.1. The zero-order valence-electron chi connectivity index (χ0n) is 17.7. The van der Waals surface area contributed by atoms with Gasteiger partial charge in [-0.1, -0.05) is 0 Å². The number of thiol groups is 1. The first-order valence-electron chi connectivity index (χ1n) is 9.58. The monoisotopic (exact) mass is 416 g/mol. The molecule has 0 saturated heterocycles. The highest BCUT2D eigenvalue weighted by Crippen LogP contribution is 2.41. The van der Waals surface area contributed by atoms with Crippen LogP contribution in [0, 0.1) is 32.0 Å². The average molecular weight is 417 g/mol. The number of benzene rings is 1. The third-order valence-corrected chi connectivity index (χ3v) is 5.97. The van der Waals surface area contributed by atoms with E-state index in [0.29, 0.717) is 35.5 Å². The molecule has 1 amide bonds. The van der Waals surface area contributed by atoms with Gasteiger partial charge in [-0.25, -0.2) is 9.07 Å². The van der Waals surface area contributed by atoms with Crippen LogP contribution in [0.3, 0.4) is 0 Å². The summed E-state index contributed by atoms with van der Waals surface area (Å²) >= 11 is 4.71. The molecule has 29 heavy (non-hydrogen) atoms. The lowest BCUT2D eigenvalue weighted by atomic mass is 9.97. The maximum Gasteiger partial charge on any atom is 0.528 e. The quantitative estimate of drug-likeness (QED) is 0.412. The minimum Gasteiger partial charge on any atom is -0.414 e. The summed E-state index contributed by atoms with van der Waals surface area (Å²) in [6.45, 7) is 11.3. The zero-order chi connectivity index (χ0) is 21.7. The molecule has 2 atom stereocenters. The van der Waals surface area contributed by atoms with Crippen molar-refractivity contribution in [3.63, 3.8) is 0 Å². The number of quaternary nitrogens is 1. The molecule has 0 spiro atoms. The Balaban J connectivity index is 2.10. The van der Waals surface area contributed by atoms with E-state index in [1.807, 2.05) is 27.7 Å². The molecule has 5 nitrogen and oxygen atoms in total. The van der Waals surface area contributed by atoms with Crippen LogP contribution in [0.1, 0.15) is 61.8 Å². The van der Waals surface area contributed by atoms with Crippen molar-refractivity contribution < 1.29 is 17.8 Å². The topological polar surface area (TPSA) is 44.1 Å². The molecule has 0 N–H and O–H groups in total. The zero-order valence-corrected chi connectivity index (χ0v) is 18.6. The van der Waals surface area contributed by atoms with Gasteiger partial charge in [0.25, 0.3) is 0 Å². The van der Waals surface area contributed by atoms with Gasteiger partial charge >= 0.3 is 6.09 Å². The van der Waals surface area contributed by atoms with Crippen LogP contribution in [-0.4, -0.2) is 31.9 Å². The lowest BCUT2D eigenvalue weighted by molar-refractivity contribution is -0.754. The molecule has 0 bridgehead atoms. The molecular formula is C22H27FN3O2S+. The highest BCUT2D eigenvalue weighted by molar-refractivity contribution is 7.74. The molecule has 154 valence electrons. The fourth-order valence-corrected chi connectivity index (χ4v) is 4.00. The van der Waals surface area contributed by atoms with Gasteiger partial charge in [-0.15, -0.1) is 6.42 Å². The molecule has 3 rings (SSSR count). The third kappa shape index (κ3) is 3.67. The van der Waals surface area contributed by atoms with Crippen LogP contribution < -0.4 is 0 Å². The Kier molecular flexibility index (Phi) is 5.31. The number of hydrogen-bond acceptors (Lipinski definition) is 4. The van der Waals surface area contributed by atoms with Crippen LogP contribution in [-0.2, 0) is 11.2 Å². The lowest BCUT2D eigenvalue weighted by Crippen LogP contribution is -2.52. The minimum atomic E-state index is -0.618. The van der Waals surface area contributed by atoms with E-state index in [2.05, 4.69) is 5.92 Å². The van der Waals surface area contributed by atoms with E-state index in [-0.39, 0.29) is 15.7 Å². The van der Waals surface area contributed by atoms with Gasteiger partial charge in [-0.3, -0.25) is 0 Å². The summed E-state index contributed by atoms with van der Waals surface area (Å²) in [5, 5.41) is 4.71. The number of aryl methyl sites for hydroxylation is 2. The summed E-state index contributed by atoms with van der Waals surface area (Å²) in [5.41, 5.74) is 3.32. The Morgan fingerprint density at radius 1 is 1.38 bits per heavy atom. The first kappa shape index (κ1) is 21.4. The average Bonchev–Trinajstić information content (AvgIpc) is 3.00. The van der Waals surface area contributed by atoms with E-state index in [1.165, 1.54) is 0 Å². The van der Waals surface area contributed by atoms with E-state index >= 15 is 0 Å². The molecule has 0 saturated carbocycles. The molecule has 1 aromatic heterocycles. The van der Waals surface area contributed by atoms with E-state index in [1.54, 1.807) is 30.7 Å². The molecule has 0 fully saturated rings. The number of fused-ring (bicyclic) bond motifs is 1. The number of aromatic nitrogens is 2. The number of rotatable bonds is 1. The highest BCUT2D eigenvalue weighted by atomic mass is 32.1. The number of carbonyl (C=O) groups is 1. The molecule has 2 heterocycles. The summed E-state index contributed by atoms with van der Waals surface area (Å²) in [4.78, 5) is 12.9. The number of amides is 1. The summed E-state index contributed by atoms with van der Waals surface area (Å²) in [5.74, 6) is 2.48. The highest BCUT2D eigenvalue weighted by Gasteiger charge is 2.49. The summed E-state index contributed by atoms with van der Waals surface area (Å²) in [6, 6.07) is 3.10. The van der Waals surface area contributed by atoms with Gasteiger partial charge in [0.15, 0.2) is 0 Å². The molecule has 1 aromatic carbocycles. The van der Waals surface area contributed by atoms with Crippen LogP contribution >= 0.6 is 12.8 Å². The first-order chi connectivity index (χ1) is 13.4. The predicted octanol–water partition coefficient (Wildman–Crippen LogP) is 4.82. The second kappa shape index (κ2) is 7.19. The standard InChI is InChI=1S/C22H27FN3O2S/c1-8-18-19-15(4)26(29,21(27)28-22(5,6)7)10-9-17(19)24-25(18)16-11-13(2)20(23)14(3)12-16/h1,11-12,15,29H,9-10H2,2-7H3/q+1/t15-,26?/m0/s1. The fraction of sp³-hybridized carbons (Fsp3) is 0.455. The number of terminal acetylenes is 1. The van der Waals surface area contributed by atoms with Crippen LogP contribution in [0.2, 0.25) is 0 Å². The van der Waals surface area contributed by atoms with Crippen LogP contribution in [0.5, 0.6) is 0 Å². The minimum absolute atomic E-state index is 0.202. The van der Waals surface area contributed by atoms with Crippen molar-refractivity contribution >= 4 is 18.9 Å². The molecule has 2 aromatic rings. The van der Waals surface area contributed by atoms with E-state index in [0.717, 1.165) is 11.3 Å².